The third kappa shape index (κ3) is 4.14. The van der Waals surface area contributed by atoms with Crippen LogP contribution in [0.25, 0.3) is 75.8 Å². The van der Waals surface area contributed by atoms with Gasteiger partial charge in [0.1, 0.15) is 5.82 Å². The Morgan fingerprint density at radius 1 is 0.532 bits per heavy atom. The van der Waals surface area contributed by atoms with Crippen molar-refractivity contribution in [3.05, 3.63) is 139 Å². The molecule has 9 aromatic rings. The van der Waals surface area contributed by atoms with Gasteiger partial charge in [0.25, 0.3) is 0 Å². The first-order valence-electron chi connectivity index (χ1n) is 16.5. The molecule has 0 fully saturated rings. The van der Waals surface area contributed by atoms with E-state index in [1.54, 1.807) is 0 Å². The van der Waals surface area contributed by atoms with Crippen LogP contribution >= 0.6 is 11.3 Å². The van der Waals surface area contributed by atoms with E-state index in [-0.39, 0.29) is 0 Å². The van der Waals surface area contributed by atoms with Gasteiger partial charge >= 0.3 is 0 Å². The lowest BCUT2D eigenvalue weighted by atomic mass is 9.92. The van der Waals surface area contributed by atoms with Gasteiger partial charge < -0.3 is 4.57 Å². The molecule has 228 valence electrons. The summed E-state index contributed by atoms with van der Waals surface area (Å²) in [4.78, 5) is 5.45. The Bertz CT molecular complexity index is 2570. The predicted octanol–water partition coefficient (Wildman–Crippen LogP) is 12.4. The summed E-state index contributed by atoms with van der Waals surface area (Å²) in [6.45, 7) is 9.19. The van der Waals surface area contributed by atoms with Crippen molar-refractivity contribution in [1.29, 1.82) is 0 Å². The maximum Gasteiger partial charge on any atom is 0.146 e. The molecule has 3 nitrogen and oxygen atoms in total. The van der Waals surface area contributed by atoms with E-state index < -0.39 is 0 Å². The van der Waals surface area contributed by atoms with Gasteiger partial charge in [-0.3, -0.25) is 4.57 Å². The Morgan fingerprint density at radius 2 is 1.11 bits per heavy atom. The molecule has 3 aromatic heterocycles. The molecule has 6 aromatic carbocycles. The molecule has 0 aliphatic carbocycles. The van der Waals surface area contributed by atoms with Crippen molar-refractivity contribution in [1.82, 2.24) is 14.1 Å². The number of hydrogen-bond acceptors (Lipinski definition) is 2. The van der Waals surface area contributed by atoms with Crippen LogP contribution in [-0.2, 0) is 0 Å². The van der Waals surface area contributed by atoms with Crippen LogP contribution in [0.4, 0.5) is 0 Å². The van der Waals surface area contributed by atoms with Crippen LogP contribution in [0.3, 0.4) is 0 Å². The summed E-state index contributed by atoms with van der Waals surface area (Å²) >= 11 is 1.88. The summed E-state index contributed by atoms with van der Waals surface area (Å²) in [6.07, 6.45) is 0. The minimum atomic E-state index is 0.359. The average molecular weight is 626 g/mol. The van der Waals surface area contributed by atoms with Crippen molar-refractivity contribution in [2.24, 2.45) is 0 Å². The van der Waals surface area contributed by atoms with Crippen LogP contribution < -0.4 is 0 Å². The molecule has 4 heteroatoms. The Kier molecular flexibility index (Phi) is 6.38. The number of aromatic nitrogens is 3. The van der Waals surface area contributed by atoms with Gasteiger partial charge in [-0.1, -0.05) is 113 Å². The minimum Gasteiger partial charge on any atom is -0.308 e. The second-order valence-electron chi connectivity index (χ2n) is 13.2. The van der Waals surface area contributed by atoms with Crippen LogP contribution in [0.2, 0.25) is 0 Å². The molecule has 0 N–H and O–H groups in total. The number of imidazole rings is 1. The molecule has 0 radical (unpaired) electrons. The fourth-order valence-corrected chi connectivity index (χ4v) is 8.79. The molecular formula is C43H35N3S. The molecule has 9 rings (SSSR count). The normalized spacial score (nSPS) is 12.2. The summed E-state index contributed by atoms with van der Waals surface area (Å²) < 4.78 is 7.47. The first kappa shape index (κ1) is 28.1. The lowest BCUT2D eigenvalue weighted by Gasteiger charge is -2.23. The van der Waals surface area contributed by atoms with Gasteiger partial charge in [0.05, 0.1) is 38.1 Å². The number of rotatable bonds is 5. The standard InChI is InChI=1S/C43H35N3S/c1-26(2)28-17-13-18-29(27(3)4)41(28)46-37-22-11-8-19-34(37)44-43(46)33-24-25-38(42-40(33)32-16-7-12-23-39(32)47-42)45-35-20-9-5-14-30(35)31-15-6-10-21-36(31)45/h5-27H,1-4H3. The summed E-state index contributed by atoms with van der Waals surface area (Å²) in [5.41, 5.74) is 10.9. The minimum absolute atomic E-state index is 0.359. The second-order valence-corrected chi connectivity index (χ2v) is 14.2. The second kappa shape index (κ2) is 10.7. The number of thiophene rings is 1. The number of hydrogen-bond donors (Lipinski definition) is 0. The SMILES string of the molecule is CC(C)c1cccc(C(C)C)c1-n1c(-c2ccc(-n3c4ccccc4c4ccccc43)c3sc4ccccc4c23)nc2ccccc21. The van der Waals surface area contributed by atoms with E-state index in [2.05, 4.69) is 164 Å². The van der Waals surface area contributed by atoms with Crippen molar-refractivity contribution in [3.63, 3.8) is 0 Å². The summed E-state index contributed by atoms with van der Waals surface area (Å²) in [6, 6.07) is 46.5. The Balaban J connectivity index is 1.43. The topological polar surface area (TPSA) is 22.8 Å². The van der Waals surface area contributed by atoms with E-state index in [0.29, 0.717) is 11.8 Å². The molecule has 0 amide bonds. The quantitative estimate of drug-likeness (QED) is 0.187. The number of fused-ring (bicyclic) bond motifs is 7. The van der Waals surface area contributed by atoms with E-state index in [0.717, 1.165) is 22.4 Å². The van der Waals surface area contributed by atoms with Crippen molar-refractivity contribution >= 4 is 64.3 Å². The van der Waals surface area contributed by atoms with Crippen molar-refractivity contribution < 1.29 is 0 Å². The van der Waals surface area contributed by atoms with E-state index in [4.69, 9.17) is 4.98 Å². The molecule has 0 aliphatic heterocycles. The molecule has 47 heavy (non-hydrogen) atoms. The molecule has 0 spiro atoms. The molecular weight excluding hydrogens is 591 g/mol. The molecule has 0 unspecified atom stereocenters. The Morgan fingerprint density at radius 3 is 1.77 bits per heavy atom. The molecule has 0 bridgehead atoms. The van der Waals surface area contributed by atoms with Crippen LogP contribution in [0.15, 0.2) is 127 Å². The maximum absolute atomic E-state index is 5.45. The zero-order valence-corrected chi connectivity index (χ0v) is 27.8. The molecule has 0 saturated heterocycles. The van der Waals surface area contributed by atoms with E-state index >= 15 is 0 Å². The largest absolute Gasteiger partial charge is 0.308 e. The first-order valence-corrected chi connectivity index (χ1v) is 17.4. The van der Waals surface area contributed by atoms with Crippen molar-refractivity contribution in [2.75, 3.05) is 0 Å². The van der Waals surface area contributed by atoms with Gasteiger partial charge in [-0.15, -0.1) is 11.3 Å². The van der Waals surface area contributed by atoms with Gasteiger partial charge in [-0.2, -0.15) is 0 Å². The summed E-state index contributed by atoms with van der Waals surface area (Å²) in [5, 5.41) is 5.07. The zero-order valence-electron chi connectivity index (χ0n) is 27.0. The smallest absolute Gasteiger partial charge is 0.146 e. The van der Waals surface area contributed by atoms with Crippen LogP contribution in [0.5, 0.6) is 0 Å². The molecule has 3 heterocycles. The van der Waals surface area contributed by atoms with Crippen molar-refractivity contribution in [3.8, 4) is 22.8 Å². The van der Waals surface area contributed by atoms with Gasteiger partial charge in [0.2, 0.25) is 0 Å². The highest BCUT2D eigenvalue weighted by molar-refractivity contribution is 7.26. The first-order chi connectivity index (χ1) is 23.0. The third-order valence-corrected chi connectivity index (χ3v) is 10.9. The van der Waals surface area contributed by atoms with E-state index in [1.807, 2.05) is 11.3 Å². The lowest BCUT2D eigenvalue weighted by Crippen LogP contribution is -2.08. The third-order valence-electron chi connectivity index (χ3n) is 9.69. The molecule has 0 atom stereocenters. The molecule has 0 saturated carbocycles. The number of benzene rings is 6. The van der Waals surface area contributed by atoms with Gasteiger partial charge in [0.15, 0.2) is 0 Å². The van der Waals surface area contributed by atoms with Crippen LogP contribution in [0, 0.1) is 0 Å². The summed E-state index contributed by atoms with van der Waals surface area (Å²) in [5.74, 6) is 1.71. The van der Waals surface area contributed by atoms with Crippen LogP contribution in [0.1, 0.15) is 50.7 Å². The fourth-order valence-electron chi connectivity index (χ4n) is 7.56. The predicted molar refractivity (Wildman–Crippen MR) is 202 cm³/mol. The van der Waals surface area contributed by atoms with Gasteiger partial charge in [-0.05, 0) is 65.4 Å². The van der Waals surface area contributed by atoms with E-state index in [9.17, 15) is 0 Å². The van der Waals surface area contributed by atoms with Gasteiger partial charge in [-0.25, -0.2) is 4.98 Å². The summed E-state index contributed by atoms with van der Waals surface area (Å²) in [7, 11) is 0. The Hall–Kier alpha value is -5.19. The highest BCUT2D eigenvalue weighted by Gasteiger charge is 2.25. The fraction of sp³-hybridized carbons (Fsp3) is 0.140. The number of para-hydroxylation sites is 5. The zero-order chi connectivity index (χ0) is 31.8. The highest BCUT2D eigenvalue weighted by atomic mass is 32.1. The van der Waals surface area contributed by atoms with Gasteiger partial charge in [0, 0.05) is 31.8 Å². The average Bonchev–Trinajstić information content (AvgIpc) is 3.78. The van der Waals surface area contributed by atoms with Crippen LogP contribution in [-0.4, -0.2) is 14.1 Å². The van der Waals surface area contributed by atoms with Crippen molar-refractivity contribution in [2.45, 2.75) is 39.5 Å². The highest BCUT2D eigenvalue weighted by Crippen LogP contribution is 2.46. The monoisotopic (exact) mass is 625 g/mol. The van der Waals surface area contributed by atoms with E-state index in [1.165, 1.54) is 64.5 Å². The lowest BCUT2D eigenvalue weighted by molar-refractivity contribution is 0.811. The number of nitrogens with zero attached hydrogens (tertiary/aromatic N) is 3. The molecule has 0 aliphatic rings. The maximum atomic E-state index is 5.45. The Labute approximate surface area is 278 Å².